The van der Waals surface area contributed by atoms with Crippen LogP contribution in [0.2, 0.25) is 0 Å². The second-order valence-electron chi connectivity index (χ2n) is 8.67. The number of carbonyl (C=O) groups excluding carboxylic acids is 1. The molecule has 2 aliphatic rings. The lowest BCUT2D eigenvalue weighted by molar-refractivity contribution is -0.142. The van der Waals surface area contributed by atoms with Crippen LogP contribution in [0.4, 0.5) is 5.69 Å². The molecule has 1 saturated carbocycles. The maximum atomic E-state index is 12.8. The van der Waals surface area contributed by atoms with Gasteiger partial charge in [-0.2, -0.15) is 0 Å². The van der Waals surface area contributed by atoms with Crippen LogP contribution in [0, 0.1) is 5.92 Å². The fourth-order valence-electron chi connectivity index (χ4n) is 4.04. The average Bonchev–Trinajstić information content (AvgIpc) is 3.58. The van der Waals surface area contributed by atoms with E-state index in [1.807, 2.05) is 31.2 Å². The molecule has 0 aromatic heterocycles. The first-order valence-corrected chi connectivity index (χ1v) is 11.5. The fourth-order valence-corrected chi connectivity index (χ4v) is 4.04. The first-order valence-electron chi connectivity index (χ1n) is 11.5. The number of anilines is 1. The van der Waals surface area contributed by atoms with E-state index >= 15 is 0 Å². The first kappa shape index (κ1) is 22.1. The minimum Gasteiger partial charge on any atom is -0.494 e. The third kappa shape index (κ3) is 6.71. The van der Waals surface area contributed by atoms with E-state index in [0.717, 1.165) is 50.3 Å². The monoisotopic (exact) mass is 402 g/mol. The van der Waals surface area contributed by atoms with Crippen LogP contribution in [0.25, 0.3) is 0 Å². The van der Waals surface area contributed by atoms with Gasteiger partial charge in [-0.1, -0.05) is 19.8 Å². The number of rotatable bonds is 11. The highest BCUT2D eigenvalue weighted by Gasteiger charge is 2.48. The smallest absolute Gasteiger partial charge is 0.256 e. The van der Waals surface area contributed by atoms with Gasteiger partial charge in [-0.3, -0.25) is 4.79 Å². The minimum absolute atomic E-state index is 0.0421. The SMILES string of the molecule is CCCOC(C)(C(=O)Nc1ccc(OCCCN2CCCCCC2)cc1)C1CC1. The summed E-state index contributed by atoms with van der Waals surface area (Å²) in [5.41, 5.74) is 0.0669. The summed E-state index contributed by atoms with van der Waals surface area (Å²) in [6.45, 7) is 8.92. The summed E-state index contributed by atoms with van der Waals surface area (Å²) in [4.78, 5) is 15.4. The van der Waals surface area contributed by atoms with Crippen molar-refractivity contribution in [2.75, 3.05) is 38.2 Å². The van der Waals surface area contributed by atoms with Crippen molar-refractivity contribution in [3.05, 3.63) is 24.3 Å². The number of likely N-dealkylation sites (tertiary alicyclic amines) is 1. The molecule has 1 aliphatic carbocycles. The molecule has 1 amide bonds. The van der Waals surface area contributed by atoms with Crippen LogP contribution in [0.5, 0.6) is 5.75 Å². The van der Waals surface area contributed by atoms with Crippen LogP contribution in [0.15, 0.2) is 24.3 Å². The van der Waals surface area contributed by atoms with Gasteiger partial charge in [-0.05, 0) is 88.7 Å². The molecule has 1 aliphatic heterocycles. The van der Waals surface area contributed by atoms with Gasteiger partial charge in [0, 0.05) is 18.8 Å². The predicted octanol–water partition coefficient (Wildman–Crippen LogP) is 4.87. The lowest BCUT2D eigenvalue weighted by Gasteiger charge is -2.28. The van der Waals surface area contributed by atoms with Crippen molar-refractivity contribution in [3.63, 3.8) is 0 Å². The molecule has 1 heterocycles. The Hall–Kier alpha value is -1.59. The van der Waals surface area contributed by atoms with E-state index in [1.54, 1.807) is 0 Å². The van der Waals surface area contributed by atoms with Crippen molar-refractivity contribution in [2.24, 2.45) is 5.92 Å². The van der Waals surface area contributed by atoms with Gasteiger partial charge in [-0.15, -0.1) is 0 Å². The quantitative estimate of drug-likeness (QED) is 0.537. The Morgan fingerprint density at radius 3 is 2.41 bits per heavy atom. The number of carbonyl (C=O) groups is 1. The zero-order valence-electron chi connectivity index (χ0n) is 18.3. The molecule has 0 spiro atoms. The Kier molecular flexibility index (Phi) is 8.37. The average molecular weight is 403 g/mol. The van der Waals surface area contributed by atoms with Crippen molar-refractivity contribution in [1.29, 1.82) is 0 Å². The van der Waals surface area contributed by atoms with E-state index in [0.29, 0.717) is 12.5 Å². The summed E-state index contributed by atoms with van der Waals surface area (Å²) in [6.07, 6.45) is 9.51. The van der Waals surface area contributed by atoms with Crippen molar-refractivity contribution >= 4 is 11.6 Å². The zero-order chi connectivity index (χ0) is 20.5. The molecular formula is C24H38N2O3. The maximum Gasteiger partial charge on any atom is 0.256 e. The third-order valence-corrected chi connectivity index (χ3v) is 6.11. The highest BCUT2D eigenvalue weighted by Crippen LogP contribution is 2.42. The summed E-state index contributed by atoms with van der Waals surface area (Å²) in [6, 6.07) is 7.69. The van der Waals surface area contributed by atoms with Crippen LogP contribution in [-0.4, -0.2) is 49.3 Å². The molecule has 1 aromatic carbocycles. The first-order chi connectivity index (χ1) is 14.1. The Balaban J connectivity index is 1.41. The largest absolute Gasteiger partial charge is 0.494 e. The minimum atomic E-state index is -0.724. The number of ether oxygens (including phenoxy) is 2. The van der Waals surface area contributed by atoms with Gasteiger partial charge >= 0.3 is 0 Å². The van der Waals surface area contributed by atoms with Crippen molar-refractivity contribution in [3.8, 4) is 5.75 Å². The van der Waals surface area contributed by atoms with Crippen LogP contribution >= 0.6 is 0 Å². The van der Waals surface area contributed by atoms with Crippen LogP contribution in [-0.2, 0) is 9.53 Å². The zero-order valence-corrected chi connectivity index (χ0v) is 18.3. The van der Waals surface area contributed by atoms with Crippen molar-refractivity contribution < 1.29 is 14.3 Å². The Morgan fingerprint density at radius 2 is 1.79 bits per heavy atom. The molecule has 5 nitrogen and oxygen atoms in total. The van der Waals surface area contributed by atoms with E-state index in [2.05, 4.69) is 17.1 Å². The maximum absolute atomic E-state index is 12.8. The summed E-state index contributed by atoms with van der Waals surface area (Å²) in [7, 11) is 0. The summed E-state index contributed by atoms with van der Waals surface area (Å²) >= 11 is 0. The molecule has 1 N–H and O–H groups in total. The Labute approximate surface area is 176 Å². The molecule has 2 fully saturated rings. The second kappa shape index (κ2) is 11.0. The topological polar surface area (TPSA) is 50.8 Å². The number of nitrogens with zero attached hydrogens (tertiary/aromatic N) is 1. The number of benzene rings is 1. The third-order valence-electron chi connectivity index (χ3n) is 6.11. The molecule has 1 atom stereocenters. The molecule has 1 saturated heterocycles. The molecule has 0 bridgehead atoms. The van der Waals surface area contributed by atoms with Gasteiger partial charge in [0.2, 0.25) is 0 Å². The lowest BCUT2D eigenvalue weighted by Crippen LogP contribution is -2.45. The normalized spacial score (nSPS) is 19.9. The van der Waals surface area contributed by atoms with Gasteiger partial charge < -0.3 is 19.7 Å². The summed E-state index contributed by atoms with van der Waals surface area (Å²) < 4.78 is 11.8. The van der Waals surface area contributed by atoms with Crippen molar-refractivity contribution in [1.82, 2.24) is 4.90 Å². The fraction of sp³-hybridized carbons (Fsp3) is 0.708. The van der Waals surface area contributed by atoms with E-state index in [4.69, 9.17) is 9.47 Å². The van der Waals surface area contributed by atoms with Crippen LogP contribution in [0.1, 0.15) is 65.2 Å². The molecular weight excluding hydrogens is 364 g/mol. The molecule has 29 heavy (non-hydrogen) atoms. The standard InChI is InChI=1S/C24H38N2O3/c1-3-18-29-24(2,20-9-10-20)23(27)25-21-11-13-22(14-12-21)28-19-8-17-26-15-6-4-5-7-16-26/h11-14,20H,3-10,15-19H2,1-2H3,(H,25,27). The number of amides is 1. The van der Waals surface area contributed by atoms with Gasteiger partial charge in [0.1, 0.15) is 11.4 Å². The number of hydrogen-bond donors (Lipinski definition) is 1. The van der Waals surface area contributed by atoms with Crippen molar-refractivity contribution in [2.45, 2.75) is 70.8 Å². The number of nitrogens with one attached hydrogen (secondary N) is 1. The molecule has 1 aromatic rings. The van der Waals surface area contributed by atoms with E-state index < -0.39 is 5.60 Å². The lowest BCUT2D eigenvalue weighted by atomic mass is 9.98. The van der Waals surface area contributed by atoms with E-state index in [9.17, 15) is 4.79 Å². The molecule has 0 radical (unpaired) electrons. The van der Waals surface area contributed by atoms with E-state index in [1.165, 1.54) is 38.8 Å². The van der Waals surface area contributed by atoms with E-state index in [-0.39, 0.29) is 5.91 Å². The Morgan fingerprint density at radius 1 is 1.10 bits per heavy atom. The second-order valence-corrected chi connectivity index (χ2v) is 8.67. The Bertz CT molecular complexity index is 622. The van der Waals surface area contributed by atoms with Crippen LogP contribution in [0.3, 0.4) is 0 Å². The molecule has 162 valence electrons. The number of hydrogen-bond acceptors (Lipinski definition) is 4. The summed E-state index contributed by atoms with van der Waals surface area (Å²) in [5, 5.41) is 3.03. The predicted molar refractivity (Wildman–Crippen MR) is 117 cm³/mol. The highest BCUT2D eigenvalue weighted by atomic mass is 16.5. The highest BCUT2D eigenvalue weighted by molar-refractivity contribution is 5.97. The summed E-state index contributed by atoms with van der Waals surface area (Å²) in [5.74, 6) is 1.14. The van der Waals surface area contributed by atoms with Crippen LogP contribution < -0.4 is 10.1 Å². The molecule has 5 heteroatoms. The molecule has 1 unspecified atom stereocenters. The van der Waals surface area contributed by atoms with Gasteiger partial charge in [0.05, 0.1) is 6.61 Å². The van der Waals surface area contributed by atoms with Gasteiger partial charge in [0.15, 0.2) is 0 Å². The van der Waals surface area contributed by atoms with Gasteiger partial charge in [0.25, 0.3) is 5.91 Å². The van der Waals surface area contributed by atoms with Gasteiger partial charge in [-0.25, -0.2) is 0 Å². The molecule has 3 rings (SSSR count).